The van der Waals surface area contributed by atoms with E-state index in [1.807, 2.05) is 6.07 Å². The van der Waals surface area contributed by atoms with Crippen molar-refractivity contribution in [2.24, 2.45) is 0 Å². The topological polar surface area (TPSA) is 95.9 Å². The van der Waals surface area contributed by atoms with Crippen molar-refractivity contribution < 1.29 is 23.1 Å². The lowest BCUT2D eigenvalue weighted by molar-refractivity contribution is -0.00401. The van der Waals surface area contributed by atoms with Gasteiger partial charge >= 0.3 is 6.09 Å². The van der Waals surface area contributed by atoms with Gasteiger partial charge in [-0.3, -0.25) is 0 Å². The molecule has 0 aromatic heterocycles. The van der Waals surface area contributed by atoms with Crippen molar-refractivity contribution in [3.8, 4) is 0 Å². The molecule has 1 heterocycles. The predicted molar refractivity (Wildman–Crippen MR) is 102 cm³/mol. The van der Waals surface area contributed by atoms with Gasteiger partial charge in [0.1, 0.15) is 0 Å². The highest BCUT2D eigenvalue weighted by atomic mass is 32.2. The van der Waals surface area contributed by atoms with Crippen LogP contribution in [0.3, 0.4) is 0 Å². The lowest BCUT2D eigenvalue weighted by Gasteiger charge is -2.32. The first kappa shape index (κ1) is 20.1. The summed E-state index contributed by atoms with van der Waals surface area (Å²) in [5, 5.41) is 9.39. The van der Waals surface area contributed by atoms with Gasteiger partial charge in [0.05, 0.1) is 25.0 Å². The van der Waals surface area contributed by atoms with Crippen LogP contribution >= 0.6 is 0 Å². The van der Waals surface area contributed by atoms with Crippen LogP contribution < -0.4 is 4.72 Å². The van der Waals surface area contributed by atoms with Crippen molar-refractivity contribution in [3.63, 3.8) is 0 Å². The Morgan fingerprint density at radius 2 is 1.85 bits per heavy atom. The molecule has 0 unspecified atom stereocenters. The molecule has 7 nitrogen and oxygen atoms in total. The molecule has 150 valence electrons. The van der Waals surface area contributed by atoms with Crippen LogP contribution in [0.1, 0.15) is 43.6 Å². The molecule has 2 fully saturated rings. The van der Waals surface area contributed by atoms with Crippen LogP contribution in [0.2, 0.25) is 0 Å². The van der Waals surface area contributed by atoms with Gasteiger partial charge < -0.3 is 14.7 Å². The summed E-state index contributed by atoms with van der Waals surface area (Å²) in [6, 6.07) is 9.56. The van der Waals surface area contributed by atoms with Crippen molar-refractivity contribution in [3.05, 3.63) is 35.9 Å². The normalized spacial score (nSPS) is 29.0. The first-order valence-electron chi connectivity index (χ1n) is 9.47. The van der Waals surface area contributed by atoms with Gasteiger partial charge in [-0.25, -0.2) is 17.9 Å². The molecule has 8 heteroatoms. The van der Waals surface area contributed by atoms with E-state index in [2.05, 4.69) is 29.0 Å². The Morgan fingerprint density at radius 1 is 1.19 bits per heavy atom. The number of carboxylic acid groups (broad SMARTS) is 1. The number of rotatable bonds is 6. The fourth-order valence-corrected chi connectivity index (χ4v) is 5.06. The Morgan fingerprint density at radius 3 is 2.44 bits per heavy atom. The SMILES string of the molecule is CS(=O)(=O)N[C@H]1CCN(C(=O)O)[C@H]1CO[C@H]1CC[C@@H](c2ccccc2)CC1. The van der Waals surface area contributed by atoms with Gasteiger partial charge in [-0.05, 0) is 43.6 Å². The van der Waals surface area contributed by atoms with Gasteiger partial charge in [0.15, 0.2) is 0 Å². The Kier molecular flexibility index (Phi) is 6.39. The maximum Gasteiger partial charge on any atom is 0.407 e. The van der Waals surface area contributed by atoms with E-state index in [0.29, 0.717) is 18.9 Å². The fraction of sp³-hybridized carbons (Fsp3) is 0.632. The molecular weight excluding hydrogens is 368 g/mol. The number of carbonyl (C=O) groups is 1. The fourth-order valence-electron chi connectivity index (χ4n) is 4.23. The Hall–Kier alpha value is -1.64. The summed E-state index contributed by atoms with van der Waals surface area (Å²) >= 11 is 0. The molecule has 0 radical (unpaired) electrons. The van der Waals surface area contributed by atoms with Crippen LogP contribution in [0.25, 0.3) is 0 Å². The van der Waals surface area contributed by atoms with Gasteiger partial charge in [-0.15, -0.1) is 0 Å². The lowest BCUT2D eigenvalue weighted by atomic mass is 9.83. The summed E-state index contributed by atoms with van der Waals surface area (Å²) in [4.78, 5) is 12.8. The Labute approximate surface area is 160 Å². The number of likely N-dealkylation sites (tertiary alicyclic amines) is 1. The summed E-state index contributed by atoms with van der Waals surface area (Å²) in [5.74, 6) is 0.549. The van der Waals surface area contributed by atoms with Crippen LogP contribution in [-0.2, 0) is 14.8 Å². The van der Waals surface area contributed by atoms with E-state index in [1.165, 1.54) is 10.5 Å². The van der Waals surface area contributed by atoms with Crippen LogP contribution in [-0.4, -0.2) is 62.1 Å². The molecule has 1 saturated carbocycles. The molecule has 1 aromatic carbocycles. The molecular formula is C19H28N2O5S. The van der Waals surface area contributed by atoms with Crippen LogP contribution in [0.5, 0.6) is 0 Å². The third-order valence-electron chi connectivity index (χ3n) is 5.60. The average Bonchev–Trinajstić information content (AvgIpc) is 3.02. The van der Waals surface area contributed by atoms with Gasteiger partial charge in [-0.2, -0.15) is 0 Å². The van der Waals surface area contributed by atoms with E-state index >= 15 is 0 Å². The van der Waals surface area contributed by atoms with E-state index in [1.54, 1.807) is 0 Å². The molecule has 1 saturated heterocycles. The second-order valence-electron chi connectivity index (χ2n) is 7.55. The van der Waals surface area contributed by atoms with Gasteiger partial charge in [0, 0.05) is 12.6 Å². The molecule has 1 aliphatic carbocycles. The van der Waals surface area contributed by atoms with E-state index in [-0.39, 0.29) is 12.7 Å². The van der Waals surface area contributed by atoms with E-state index in [9.17, 15) is 18.3 Å². The number of amides is 1. The number of nitrogens with zero attached hydrogens (tertiary/aromatic N) is 1. The standard InChI is InChI=1S/C19H28N2O5S/c1-27(24,25)20-17-11-12-21(19(22)23)18(17)13-26-16-9-7-15(8-10-16)14-5-3-2-4-6-14/h2-6,15-18,20H,7-13H2,1H3,(H,22,23)/t15-,16+,17-,18-/m0/s1. The zero-order valence-corrected chi connectivity index (χ0v) is 16.4. The average molecular weight is 397 g/mol. The zero-order chi connectivity index (χ0) is 19.4. The molecule has 0 spiro atoms. The first-order valence-corrected chi connectivity index (χ1v) is 11.4. The second-order valence-corrected chi connectivity index (χ2v) is 9.33. The highest BCUT2D eigenvalue weighted by Gasteiger charge is 2.39. The number of benzene rings is 1. The Bertz CT molecular complexity index is 732. The maximum absolute atomic E-state index is 11.6. The highest BCUT2D eigenvalue weighted by molar-refractivity contribution is 7.88. The molecule has 1 aromatic rings. The third-order valence-corrected chi connectivity index (χ3v) is 6.34. The molecule has 3 rings (SSSR count). The summed E-state index contributed by atoms with van der Waals surface area (Å²) in [7, 11) is -3.40. The molecule has 0 bridgehead atoms. The molecule has 1 aliphatic heterocycles. The monoisotopic (exact) mass is 396 g/mol. The van der Waals surface area contributed by atoms with Crippen molar-refractivity contribution in [1.29, 1.82) is 0 Å². The first-order chi connectivity index (χ1) is 12.8. The van der Waals surface area contributed by atoms with Gasteiger partial charge in [-0.1, -0.05) is 30.3 Å². The molecule has 2 atom stereocenters. The largest absolute Gasteiger partial charge is 0.465 e. The van der Waals surface area contributed by atoms with Crippen molar-refractivity contribution in [1.82, 2.24) is 9.62 Å². The molecule has 2 N–H and O–H groups in total. The quantitative estimate of drug-likeness (QED) is 0.770. The van der Waals surface area contributed by atoms with Crippen molar-refractivity contribution in [2.75, 3.05) is 19.4 Å². The van der Waals surface area contributed by atoms with Gasteiger partial charge in [0.25, 0.3) is 0 Å². The number of nitrogens with one attached hydrogen (secondary N) is 1. The minimum atomic E-state index is -3.40. The van der Waals surface area contributed by atoms with E-state index in [4.69, 9.17) is 4.74 Å². The van der Waals surface area contributed by atoms with Crippen molar-refractivity contribution >= 4 is 16.1 Å². The predicted octanol–water partition coefficient (Wildman–Crippen LogP) is 2.40. The maximum atomic E-state index is 11.6. The van der Waals surface area contributed by atoms with Gasteiger partial charge in [0.2, 0.25) is 10.0 Å². The smallest absolute Gasteiger partial charge is 0.407 e. The summed E-state index contributed by atoms with van der Waals surface area (Å²) < 4.78 is 31.7. The molecule has 27 heavy (non-hydrogen) atoms. The van der Waals surface area contributed by atoms with Crippen LogP contribution in [0, 0.1) is 0 Å². The van der Waals surface area contributed by atoms with E-state index in [0.717, 1.165) is 31.9 Å². The molecule has 1 amide bonds. The minimum Gasteiger partial charge on any atom is -0.465 e. The summed E-state index contributed by atoms with van der Waals surface area (Å²) in [5.41, 5.74) is 1.36. The summed E-state index contributed by atoms with van der Waals surface area (Å²) in [6.45, 7) is 0.539. The number of hydrogen-bond donors (Lipinski definition) is 2. The van der Waals surface area contributed by atoms with Crippen LogP contribution in [0.15, 0.2) is 30.3 Å². The van der Waals surface area contributed by atoms with E-state index < -0.39 is 28.2 Å². The third kappa shape index (κ3) is 5.43. The Balaban J connectivity index is 1.53. The number of ether oxygens (including phenoxy) is 1. The molecule has 2 aliphatic rings. The lowest BCUT2D eigenvalue weighted by Crippen LogP contribution is -2.49. The number of sulfonamides is 1. The highest BCUT2D eigenvalue weighted by Crippen LogP contribution is 2.34. The second kappa shape index (κ2) is 8.58. The number of hydrogen-bond acceptors (Lipinski definition) is 4. The van der Waals surface area contributed by atoms with Crippen LogP contribution in [0.4, 0.5) is 4.79 Å². The summed E-state index contributed by atoms with van der Waals surface area (Å²) in [6.07, 6.45) is 4.59. The minimum absolute atomic E-state index is 0.0973. The zero-order valence-electron chi connectivity index (χ0n) is 15.6. The van der Waals surface area contributed by atoms with Crippen molar-refractivity contribution in [2.45, 2.75) is 56.2 Å².